The molecule has 112 valence electrons. The van der Waals surface area contributed by atoms with Crippen LogP contribution >= 0.6 is 15.9 Å². The fourth-order valence-corrected chi connectivity index (χ4v) is 2.39. The molecule has 0 spiro atoms. The first-order chi connectivity index (χ1) is 8.95. The van der Waals surface area contributed by atoms with Crippen molar-refractivity contribution in [3.05, 3.63) is 0 Å². The monoisotopic (exact) mass is 338 g/mol. The van der Waals surface area contributed by atoms with Crippen molar-refractivity contribution in [3.63, 3.8) is 0 Å². The molecule has 0 amide bonds. The number of alkyl halides is 1. The highest BCUT2D eigenvalue weighted by Crippen LogP contribution is 2.32. The zero-order valence-corrected chi connectivity index (χ0v) is 13.4. The minimum absolute atomic E-state index is 0.0120. The summed E-state index contributed by atoms with van der Waals surface area (Å²) in [6.45, 7) is 8.71. The van der Waals surface area contributed by atoms with Gasteiger partial charge >= 0.3 is 0 Å². The molecule has 6 heteroatoms. The molecular weight excluding hydrogens is 316 g/mol. The molecule has 0 saturated carbocycles. The molecule has 0 N–H and O–H groups in total. The molecule has 19 heavy (non-hydrogen) atoms. The van der Waals surface area contributed by atoms with Gasteiger partial charge in [-0.3, -0.25) is 0 Å². The van der Waals surface area contributed by atoms with Gasteiger partial charge in [-0.2, -0.15) is 0 Å². The van der Waals surface area contributed by atoms with E-state index in [0.29, 0.717) is 33.0 Å². The van der Waals surface area contributed by atoms with E-state index in [1.54, 1.807) is 0 Å². The van der Waals surface area contributed by atoms with Gasteiger partial charge in [0.05, 0.1) is 38.4 Å². The van der Waals surface area contributed by atoms with Crippen molar-refractivity contribution in [2.45, 2.75) is 39.0 Å². The van der Waals surface area contributed by atoms with Crippen molar-refractivity contribution in [1.29, 1.82) is 0 Å². The van der Waals surface area contributed by atoms with Gasteiger partial charge in [-0.05, 0) is 20.8 Å². The maximum atomic E-state index is 5.89. The van der Waals surface area contributed by atoms with Gasteiger partial charge in [-0.1, -0.05) is 15.9 Å². The number of hydrogen-bond donors (Lipinski definition) is 0. The molecule has 2 aliphatic heterocycles. The van der Waals surface area contributed by atoms with Gasteiger partial charge in [-0.15, -0.1) is 0 Å². The second-order valence-corrected chi connectivity index (χ2v) is 6.34. The van der Waals surface area contributed by atoms with E-state index in [0.717, 1.165) is 5.33 Å². The van der Waals surface area contributed by atoms with E-state index in [9.17, 15) is 0 Å². The molecule has 0 unspecified atom stereocenters. The van der Waals surface area contributed by atoms with E-state index in [-0.39, 0.29) is 17.8 Å². The highest BCUT2D eigenvalue weighted by atomic mass is 79.9. The van der Waals surface area contributed by atoms with E-state index < -0.39 is 5.79 Å². The van der Waals surface area contributed by atoms with Crippen LogP contribution in [0.2, 0.25) is 0 Å². The maximum Gasteiger partial charge on any atom is 0.162 e. The van der Waals surface area contributed by atoms with Gasteiger partial charge in [0.15, 0.2) is 12.1 Å². The largest absolute Gasteiger partial charge is 0.373 e. The predicted octanol–water partition coefficient (Wildman–Crippen LogP) is 1.93. The predicted molar refractivity (Wildman–Crippen MR) is 73.3 cm³/mol. The summed E-state index contributed by atoms with van der Waals surface area (Å²) in [6, 6.07) is 0. The number of hydrogen-bond acceptors (Lipinski definition) is 5. The molecule has 2 heterocycles. The molecule has 0 aromatic rings. The highest BCUT2D eigenvalue weighted by Gasteiger charge is 2.40. The van der Waals surface area contributed by atoms with Gasteiger partial charge in [0, 0.05) is 5.33 Å². The number of rotatable bonds is 4. The topological polar surface area (TPSA) is 46.2 Å². The van der Waals surface area contributed by atoms with Crippen LogP contribution < -0.4 is 0 Å². The number of ether oxygens (including phenoxy) is 5. The first-order valence-corrected chi connectivity index (χ1v) is 7.76. The molecule has 2 aliphatic rings. The van der Waals surface area contributed by atoms with E-state index in [1.807, 2.05) is 20.8 Å². The average molecular weight is 339 g/mol. The van der Waals surface area contributed by atoms with Crippen molar-refractivity contribution in [3.8, 4) is 0 Å². The van der Waals surface area contributed by atoms with Crippen LogP contribution in [0, 0.1) is 5.41 Å². The molecule has 5 nitrogen and oxygen atoms in total. The SMILES string of the molecule is CC1OCC(OCC2(CBr)COC(C)(C)OC2)CO1. The Balaban J connectivity index is 1.79. The molecule has 0 aromatic heterocycles. The molecule has 2 rings (SSSR count). The van der Waals surface area contributed by atoms with Gasteiger partial charge < -0.3 is 23.7 Å². The van der Waals surface area contributed by atoms with Crippen LogP contribution in [0.5, 0.6) is 0 Å². The van der Waals surface area contributed by atoms with E-state index in [4.69, 9.17) is 23.7 Å². The molecule has 0 aliphatic carbocycles. The second-order valence-electron chi connectivity index (χ2n) is 5.78. The highest BCUT2D eigenvalue weighted by molar-refractivity contribution is 9.09. The summed E-state index contributed by atoms with van der Waals surface area (Å²) in [7, 11) is 0. The second kappa shape index (κ2) is 6.37. The Bertz CT molecular complexity index is 279. The van der Waals surface area contributed by atoms with Gasteiger partial charge in [0.2, 0.25) is 0 Å². The average Bonchev–Trinajstić information content (AvgIpc) is 2.40. The first kappa shape index (κ1) is 15.7. The molecule has 0 radical (unpaired) electrons. The molecule has 0 atom stereocenters. The Morgan fingerprint density at radius 3 is 2.26 bits per heavy atom. The Morgan fingerprint density at radius 1 is 1.16 bits per heavy atom. The van der Waals surface area contributed by atoms with Gasteiger partial charge in [0.1, 0.15) is 6.10 Å². The van der Waals surface area contributed by atoms with Crippen LogP contribution in [0.3, 0.4) is 0 Å². The fraction of sp³-hybridized carbons (Fsp3) is 1.00. The number of halogens is 1. The summed E-state index contributed by atoms with van der Waals surface area (Å²) in [5.74, 6) is -0.502. The lowest BCUT2D eigenvalue weighted by atomic mass is 9.92. The van der Waals surface area contributed by atoms with Gasteiger partial charge in [0.25, 0.3) is 0 Å². The van der Waals surface area contributed by atoms with Crippen LogP contribution in [0.4, 0.5) is 0 Å². The summed E-state index contributed by atoms with van der Waals surface area (Å²) in [6.07, 6.45) is -0.144. The van der Waals surface area contributed by atoms with E-state index in [2.05, 4.69) is 15.9 Å². The van der Waals surface area contributed by atoms with Crippen LogP contribution in [0.25, 0.3) is 0 Å². The van der Waals surface area contributed by atoms with Crippen molar-refractivity contribution in [1.82, 2.24) is 0 Å². The molecule has 0 aromatic carbocycles. The Hall–Kier alpha value is 0.280. The van der Waals surface area contributed by atoms with Crippen LogP contribution in [0.1, 0.15) is 20.8 Å². The summed E-state index contributed by atoms with van der Waals surface area (Å²) in [4.78, 5) is 0. The lowest BCUT2D eigenvalue weighted by molar-refractivity contribution is -0.293. The zero-order chi connectivity index (χ0) is 13.9. The third-order valence-electron chi connectivity index (χ3n) is 3.39. The lowest BCUT2D eigenvalue weighted by Gasteiger charge is -2.43. The summed E-state index contributed by atoms with van der Waals surface area (Å²) >= 11 is 3.54. The first-order valence-electron chi connectivity index (χ1n) is 6.63. The zero-order valence-electron chi connectivity index (χ0n) is 11.8. The minimum Gasteiger partial charge on any atom is -0.373 e. The quantitative estimate of drug-likeness (QED) is 0.733. The molecule has 0 bridgehead atoms. The summed E-state index contributed by atoms with van der Waals surface area (Å²) in [5.41, 5.74) is -0.140. The van der Waals surface area contributed by atoms with E-state index >= 15 is 0 Å². The normalized spacial score (nSPS) is 34.1. The summed E-state index contributed by atoms with van der Waals surface area (Å²) in [5, 5.41) is 0.779. The smallest absolute Gasteiger partial charge is 0.162 e. The third-order valence-corrected chi connectivity index (χ3v) is 4.58. The molecule has 2 fully saturated rings. The Kier molecular flexibility index (Phi) is 5.25. The van der Waals surface area contributed by atoms with Crippen LogP contribution in [0.15, 0.2) is 0 Å². The van der Waals surface area contributed by atoms with Crippen molar-refractivity contribution >= 4 is 15.9 Å². The Labute approximate surface area is 123 Å². The van der Waals surface area contributed by atoms with Crippen molar-refractivity contribution in [2.24, 2.45) is 5.41 Å². The molecule has 2 saturated heterocycles. The fourth-order valence-electron chi connectivity index (χ4n) is 1.91. The van der Waals surface area contributed by atoms with Crippen LogP contribution in [-0.4, -0.2) is 56.5 Å². The Morgan fingerprint density at radius 2 is 1.74 bits per heavy atom. The van der Waals surface area contributed by atoms with Crippen molar-refractivity contribution in [2.75, 3.05) is 38.4 Å². The standard InChI is InChI=1S/C13H23BrO5/c1-10-15-4-11(5-16-10)17-7-13(6-14)8-18-12(2,3)19-9-13/h10-11H,4-9H2,1-3H3. The molecular formula is C13H23BrO5. The third kappa shape index (κ3) is 4.37. The maximum absolute atomic E-state index is 5.89. The minimum atomic E-state index is -0.502. The van der Waals surface area contributed by atoms with Gasteiger partial charge in [-0.25, -0.2) is 0 Å². The van der Waals surface area contributed by atoms with E-state index in [1.165, 1.54) is 0 Å². The summed E-state index contributed by atoms with van der Waals surface area (Å²) < 4.78 is 28.2. The lowest BCUT2D eigenvalue weighted by Crippen LogP contribution is -2.51. The van der Waals surface area contributed by atoms with Crippen molar-refractivity contribution < 1.29 is 23.7 Å². The van der Waals surface area contributed by atoms with Crippen LogP contribution in [-0.2, 0) is 23.7 Å².